The molecular formula is C9H15NO4S2. The van der Waals surface area contributed by atoms with Crippen molar-refractivity contribution in [1.82, 2.24) is 5.32 Å². The van der Waals surface area contributed by atoms with Crippen LogP contribution in [0.1, 0.15) is 19.3 Å². The highest BCUT2D eigenvalue weighted by Crippen LogP contribution is 2.46. The van der Waals surface area contributed by atoms with Crippen LogP contribution in [-0.2, 0) is 14.6 Å². The second kappa shape index (κ2) is 3.89. The van der Waals surface area contributed by atoms with E-state index in [0.717, 1.165) is 12.8 Å². The average Bonchev–Trinajstić information content (AvgIpc) is 2.73. The molecule has 1 aliphatic heterocycles. The van der Waals surface area contributed by atoms with Gasteiger partial charge in [-0.25, -0.2) is 8.42 Å². The lowest BCUT2D eigenvalue weighted by molar-refractivity contribution is -0.138. The summed E-state index contributed by atoms with van der Waals surface area (Å²) in [5.41, 5.74) is 0. The van der Waals surface area contributed by atoms with Gasteiger partial charge in [0.05, 0.1) is 10.1 Å². The molecule has 0 bridgehead atoms. The number of rotatable bonds is 2. The molecule has 1 saturated carbocycles. The number of sulfone groups is 1. The van der Waals surface area contributed by atoms with E-state index in [0.29, 0.717) is 12.2 Å². The van der Waals surface area contributed by atoms with Crippen molar-refractivity contribution in [3.8, 4) is 0 Å². The number of hydrogen-bond acceptors (Lipinski definition) is 5. The first kappa shape index (κ1) is 12.2. The van der Waals surface area contributed by atoms with Gasteiger partial charge in [-0.15, -0.1) is 11.8 Å². The monoisotopic (exact) mass is 265 g/mol. The van der Waals surface area contributed by atoms with E-state index in [4.69, 9.17) is 5.11 Å². The minimum Gasteiger partial charge on any atom is -0.480 e. The highest BCUT2D eigenvalue weighted by Gasteiger charge is 2.53. The van der Waals surface area contributed by atoms with E-state index in [1.54, 1.807) is 0 Å². The number of nitrogens with one attached hydrogen (secondary N) is 1. The van der Waals surface area contributed by atoms with Crippen molar-refractivity contribution in [2.45, 2.75) is 35.4 Å². The molecule has 0 aromatic carbocycles. The van der Waals surface area contributed by atoms with Crippen molar-refractivity contribution in [2.24, 2.45) is 0 Å². The van der Waals surface area contributed by atoms with Gasteiger partial charge in [0.15, 0.2) is 9.84 Å². The zero-order valence-electron chi connectivity index (χ0n) is 8.97. The topological polar surface area (TPSA) is 83.5 Å². The van der Waals surface area contributed by atoms with Crippen molar-refractivity contribution in [3.63, 3.8) is 0 Å². The maximum absolute atomic E-state index is 11.7. The van der Waals surface area contributed by atoms with E-state index < -0.39 is 32.0 Å². The summed E-state index contributed by atoms with van der Waals surface area (Å²) in [6.07, 6.45) is 3.44. The highest BCUT2D eigenvalue weighted by atomic mass is 32.2. The SMILES string of the molecule is CS(=O)(=O)C1CCCC12NC(C(=O)O)CS2. The number of hydrogen-bond donors (Lipinski definition) is 2. The van der Waals surface area contributed by atoms with Gasteiger partial charge in [0.25, 0.3) is 0 Å². The molecule has 2 fully saturated rings. The molecule has 2 rings (SSSR count). The molecule has 2 aliphatic rings. The molecule has 0 amide bonds. The van der Waals surface area contributed by atoms with E-state index >= 15 is 0 Å². The van der Waals surface area contributed by atoms with Gasteiger partial charge < -0.3 is 5.11 Å². The van der Waals surface area contributed by atoms with Crippen LogP contribution in [0, 0.1) is 0 Å². The van der Waals surface area contributed by atoms with E-state index in [1.807, 2.05) is 0 Å². The van der Waals surface area contributed by atoms with Crippen LogP contribution in [0.5, 0.6) is 0 Å². The fourth-order valence-corrected chi connectivity index (χ4v) is 6.29. The van der Waals surface area contributed by atoms with Crippen molar-refractivity contribution in [3.05, 3.63) is 0 Å². The molecule has 1 saturated heterocycles. The summed E-state index contributed by atoms with van der Waals surface area (Å²) in [5, 5.41) is 11.5. The van der Waals surface area contributed by atoms with Crippen molar-refractivity contribution in [2.75, 3.05) is 12.0 Å². The average molecular weight is 265 g/mol. The number of carboxylic acids is 1. The largest absolute Gasteiger partial charge is 0.480 e. The summed E-state index contributed by atoms with van der Waals surface area (Å²) in [4.78, 5) is 10.3. The van der Waals surface area contributed by atoms with E-state index in [2.05, 4.69) is 5.32 Å². The van der Waals surface area contributed by atoms with Crippen LogP contribution in [0.4, 0.5) is 0 Å². The molecule has 92 valence electrons. The van der Waals surface area contributed by atoms with Gasteiger partial charge in [-0.05, 0) is 19.3 Å². The Morgan fingerprint density at radius 3 is 2.75 bits per heavy atom. The van der Waals surface area contributed by atoms with Crippen LogP contribution in [0.3, 0.4) is 0 Å². The Morgan fingerprint density at radius 2 is 2.25 bits per heavy atom. The molecule has 1 heterocycles. The van der Waals surface area contributed by atoms with Crippen molar-refractivity contribution >= 4 is 27.6 Å². The molecule has 0 aromatic rings. The summed E-state index contributed by atoms with van der Waals surface area (Å²) in [7, 11) is -3.12. The summed E-state index contributed by atoms with van der Waals surface area (Å²) in [6.45, 7) is 0. The Balaban J connectivity index is 2.23. The van der Waals surface area contributed by atoms with E-state index in [1.165, 1.54) is 18.0 Å². The first-order valence-corrected chi connectivity index (χ1v) is 8.12. The Hall–Kier alpha value is -0.270. The molecule has 5 nitrogen and oxygen atoms in total. The first-order chi connectivity index (χ1) is 7.35. The quantitative estimate of drug-likeness (QED) is 0.735. The maximum Gasteiger partial charge on any atom is 0.321 e. The molecule has 1 spiro atoms. The Bertz CT molecular complexity index is 408. The Labute approximate surface area is 98.9 Å². The van der Waals surface area contributed by atoms with Crippen LogP contribution in [0.2, 0.25) is 0 Å². The Morgan fingerprint density at radius 1 is 1.56 bits per heavy atom. The highest BCUT2D eigenvalue weighted by molar-refractivity contribution is 8.02. The standard InChI is InChI=1S/C9H15NO4S2/c1-16(13,14)7-3-2-4-9(7)10-6(5-15-9)8(11)12/h6-7,10H,2-5H2,1H3,(H,11,12). The Kier molecular flexibility index (Phi) is 2.96. The van der Waals surface area contributed by atoms with Gasteiger partial charge in [0, 0.05) is 12.0 Å². The second-order valence-corrected chi connectivity index (χ2v) is 8.02. The van der Waals surface area contributed by atoms with Gasteiger partial charge >= 0.3 is 5.97 Å². The predicted molar refractivity (Wildman–Crippen MR) is 62.2 cm³/mol. The zero-order chi connectivity index (χ0) is 12.0. The third-order valence-corrected chi connectivity index (χ3v) is 6.72. The minimum atomic E-state index is -3.12. The van der Waals surface area contributed by atoms with Gasteiger partial charge in [0.2, 0.25) is 0 Å². The zero-order valence-corrected chi connectivity index (χ0v) is 10.6. The summed E-state index contributed by atoms with van der Waals surface area (Å²) in [6, 6.07) is -0.618. The molecule has 16 heavy (non-hydrogen) atoms. The van der Waals surface area contributed by atoms with Crippen molar-refractivity contribution < 1.29 is 18.3 Å². The minimum absolute atomic E-state index is 0.446. The van der Waals surface area contributed by atoms with Gasteiger partial charge in [0.1, 0.15) is 6.04 Å². The molecule has 0 aromatic heterocycles. The lowest BCUT2D eigenvalue weighted by atomic mass is 10.2. The van der Waals surface area contributed by atoms with Gasteiger partial charge in [-0.2, -0.15) is 0 Å². The maximum atomic E-state index is 11.7. The van der Waals surface area contributed by atoms with E-state index in [-0.39, 0.29) is 0 Å². The van der Waals surface area contributed by atoms with Crippen LogP contribution < -0.4 is 5.32 Å². The first-order valence-electron chi connectivity index (χ1n) is 5.18. The van der Waals surface area contributed by atoms with Crippen LogP contribution in [-0.4, -0.2) is 47.7 Å². The lowest BCUT2D eigenvalue weighted by Crippen LogP contribution is -2.51. The molecule has 3 atom stereocenters. The number of carboxylic acid groups (broad SMARTS) is 1. The lowest BCUT2D eigenvalue weighted by Gasteiger charge is -2.29. The summed E-state index contributed by atoms with van der Waals surface area (Å²) < 4.78 is 23.3. The molecule has 7 heteroatoms. The van der Waals surface area contributed by atoms with Gasteiger partial charge in [-0.1, -0.05) is 0 Å². The third-order valence-electron chi connectivity index (χ3n) is 3.28. The predicted octanol–water partition coefficient (Wildman–Crippen LogP) is 0.0694. The molecule has 3 unspecified atom stereocenters. The number of carbonyl (C=O) groups is 1. The third kappa shape index (κ3) is 1.96. The van der Waals surface area contributed by atoms with Crippen LogP contribution in [0.15, 0.2) is 0 Å². The van der Waals surface area contributed by atoms with Crippen LogP contribution in [0.25, 0.3) is 0 Å². The van der Waals surface area contributed by atoms with Crippen LogP contribution >= 0.6 is 11.8 Å². The molecular weight excluding hydrogens is 250 g/mol. The molecule has 0 radical (unpaired) electrons. The smallest absolute Gasteiger partial charge is 0.321 e. The van der Waals surface area contributed by atoms with Crippen molar-refractivity contribution in [1.29, 1.82) is 0 Å². The number of thioether (sulfide) groups is 1. The summed E-state index contributed by atoms with van der Waals surface area (Å²) >= 11 is 1.45. The summed E-state index contributed by atoms with van der Waals surface area (Å²) in [5.74, 6) is -0.454. The number of aliphatic carboxylic acids is 1. The molecule has 1 aliphatic carbocycles. The van der Waals surface area contributed by atoms with Gasteiger partial charge in [-0.3, -0.25) is 10.1 Å². The fraction of sp³-hybridized carbons (Fsp3) is 0.889. The second-order valence-electron chi connectivity index (χ2n) is 4.45. The normalized spacial score (nSPS) is 39.3. The van der Waals surface area contributed by atoms with E-state index in [9.17, 15) is 13.2 Å². The molecule has 2 N–H and O–H groups in total. The fourth-order valence-electron chi connectivity index (χ4n) is 2.58.